The Balaban J connectivity index is 2.16. The summed E-state index contributed by atoms with van der Waals surface area (Å²) in [5.74, 6) is -2.14. The molecule has 0 radical (unpaired) electrons. The van der Waals surface area contributed by atoms with Crippen molar-refractivity contribution < 1.29 is 23.8 Å². The van der Waals surface area contributed by atoms with Crippen LogP contribution in [0.5, 0.6) is 0 Å². The molecule has 1 aromatic rings. The maximum absolute atomic E-state index is 13.1. The standard InChI is InChI=1S/C13H13ClFNO4/c14-9-5-8(1-2-10(9)15)12(19)16-13(6-11(17)18)3-4-20-7-13/h1-2,5H,3-4,6-7H2,(H,16,19)(H,17,18). The molecule has 0 aromatic heterocycles. The molecule has 2 N–H and O–H groups in total. The Bertz CT molecular complexity index is 543. The molecule has 1 fully saturated rings. The fourth-order valence-electron chi connectivity index (χ4n) is 2.13. The molecular weight excluding hydrogens is 289 g/mol. The molecule has 1 atom stereocenters. The largest absolute Gasteiger partial charge is 0.481 e. The van der Waals surface area contributed by atoms with E-state index in [0.717, 1.165) is 6.07 Å². The molecule has 1 aromatic carbocycles. The van der Waals surface area contributed by atoms with Gasteiger partial charge in [0, 0.05) is 12.2 Å². The van der Waals surface area contributed by atoms with Crippen LogP contribution < -0.4 is 5.32 Å². The molecule has 1 amide bonds. The van der Waals surface area contributed by atoms with Crippen molar-refractivity contribution in [3.8, 4) is 0 Å². The highest BCUT2D eigenvalue weighted by Crippen LogP contribution is 2.24. The third kappa shape index (κ3) is 3.26. The van der Waals surface area contributed by atoms with Crippen LogP contribution in [0.15, 0.2) is 18.2 Å². The molecule has 1 aliphatic heterocycles. The second-order valence-corrected chi connectivity index (χ2v) is 5.14. The van der Waals surface area contributed by atoms with E-state index in [0.29, 0.717) is 13.0 Å². The molecule has 1 aliphatic rings. The van der Waals surface area contributed by atoms with Crippen LogP contribution in [-0.4, -0.2) is 35.7 Å². The number of hydrogen-bond donors (Lipinski definition) is 2. The SMILES string of the molecule is O=C(O)CC1(NC(=O)c2ccc(F)c(Cl)c2)CCOC1. The summed E-state index contributed by atoms with van der Waals surface area (Å²) in [6, 6.07) is 3.59. The van der Waals surface area contributed by atoms with Crippen LogP contribution in [-0.2, 0) is 9.53 Å². The molecule has 1 saturated heterocycles. The molecule has 1 unspecified atom stereocenters. The summed E-state index contributed by atoms with van der Waals surface area (Å²) in [7, 11) is 0. The van der Waals surface area contributed by atoms with E-state index in [1.54, 1.807) is 0 Å². The summed E-state index contributed by atoms with van der Waals surface area (Å²) in [5, 5.41) is 11.4. The van der Waals surface area contributed by atoms with Crippen LogP contribution in [0, 0.1) is 5.82 Å². The van der Waals surface area contributed by atoms with Crippen molar-refractivity contribution in [2.45, 2.75) is 18.4 Å². The van der Waals surface area contributed by atoms with Gasteiger partial charge in [0.05, 0.1) is 23.6 Å². The summed E-state index contributed by atoms with van der Waals surface area (Å²) in [6.07, 6.45) is 0.188. The number of amides is 1. The van der Waals surface area contributed by atoms with Crippen molar-refractivity contribution in [2.75, 3.05) is 13.2 Å². The minimum Gasteiger partial charge on any atom is -0.481 e. The van der Waals surface area contributed by atoms with Crippen LogP contribution in [0.2, 0.25) is 5.02 Å². The van der Waals surface area contributed by atoms with Crippen LogP contribution >= 0.6 is 11.6 Å². The molecule has 0 saturated carbocycles. The van der Waals surface area contributed by atoms with Crippen molar-refractivity contribution in [3.05, 3.63) is 34.6 Å². The number of carbonyl (C=O) groups excluding carboxylic acids is 1. The van der Waals surface area contributed by atoms with Crippen molar-refractivity contribution in [1.29, 1.82) is 0 Å². The summed E-state index contributed by atoms with van der Waals surface area (Å²) in [5.41, 5.74) is -0.753. The molecule has 20 heavy (non-hydrogen) atoms. The van der Waals surface area contributed by atoms with Crippen LogP contribution in [0.3, 0.4) is 0 Å². The highest BCUT2D eigenvalue weighted by molar-refractivity contribution is 6.31. The van der Waals surface area contributed by atoms with Gasteiger partial charge in [0.25, 0.3) is 5.91 Å². The van der Waals surface area contributed by atoms with E-state index in [1.165, 1.54) is 12.1 Å². The van der Waals surface area contributed by atoms with E-state index >= 15 is 0 Å². The van der Waals surface area contributed by atoms with Crippen LogP contribution in [0.4, 0.5) is 4.39 Å². The Kier molecular flexibility index (Phi) is 4.25. The van der Waals surface area contributed by atoms with Crippen LogP contribution in [0.25, 0.3) is 0 Å². The number of benzene rings is 1. The van der Waals surface area contributed by atoms with Gasteiger partial charge < -0.3 is 15.2 Å². The molecule has 1 heterocycles. The van der Waals surface area contributed by atoms with Crippen molar-refractivity contribution in [1.82, 2.24) is 5.32 Å². The number of rotatable bonds is 4. The van der Waals surface area contributed by atoms with Gasteiger partial charge >= 0.3 is 5.97 Å². The molecule has 0 aliphatic carbocycles. The Morgan fingerprint density at radius 1 is 1.50 bits per heavy atom. The minimum absolute atomic E-state index is 0.139. The molecule has 108 valence electrons. The van der Waals surface area contributed by atoms with Gasteiger partial charge in [-0.3, -0.25) is 9.59 Å². The lowest BCUT2D eigenvalue weighted by atomic mass is 9.93. The zero-order valence-corrected chi connectivity index (χ0v) is 11.2. The number of nitrogens with one attached hydrogen (secondary N) is 1. The predicted molar refractivity (Wildman–Crippen MR) is 69.3 cm³/mol. The zero-order chi connectivity index (χ0) is 14.8. The normalized spacial score (nSPS) is 21.7. The lowest BCUT2D eigenvalue weighted by Gasteiger charge is -2.27. The van der Waals surface area contributed by atoms with Gasteiger partial charge in [-0.15, -0.1) is 0 Å². The van der Waals surface area contributed by atoms with E-state index < -0.39 is 23.2 Å². The summed E-state index contributed by atoms with van der Waals surface area (Å²) in [4.78, 5) is 23.0. The zero-order valence-electron chi connectivity index (χ0n) is 10.5. The number of hydrogen-bond acceptors (Lipinski definition) is 3. The second kappa shape index (κ2) is 5.76. The fourth-order valence-corrected chi connectivity index (χ4v) is 2.31. The van der Waals surface area contributed by atoms with Crippen molar-refractivity contribution in [3.63, 3.8) is 0 Å². The molecule has 2 rings (SSSR count). The first kappa shape index (κ1) is 14.7. The van der Waals surface area contributed by atoms with Gasteiger partial charge in [0.1, 0.15) is 5.82 Å². The van der Waals surface area contributed by atoms with Gasteiger partial charge in [-0.25, -0.2) is 4.39 Å². The van der Waals surface area contributed by atoms with Crippen molar-refractivity contribution >= 4 is 23.5 Å². The third-order valence-electron chi connectivity index (χ3n) is 3.15. The van der Waals surface area contributed by atoms with E-state index in [1.807, 2.05) is 0 Å². The van der Waals surface area contributed by atoms with Gasteiger partial charge in [0.2, 0.25) is 0 Å². The third-order valence-corrected chi connectivity index (χ3v) is 3.44. The maximum Gasteiger partial charge on any atom is 0.305 e. The Hall–Kier alpha value is -1.66. The monoisotopic (exact) mass is 301 g/mol. The molecule has 0 spiro atoms. The number of ether oxygens (including phenoxy) is 1. The number of carboxylic acids is 1. The summed E-state index contributed by atoms with van der Waals surface area (Å²) in [6.45, 7) is 0.525. The fraction of sp³-hybridized carbons (Fsp3) is 0.385. The number of halogens is 2. The predicted octanol–water partition coefficient (Wildman–Crippen LogP) is 1.84. The summed E-state index contributed by atoms with van der Waals surface area (Å²) >= 11 is 5.62. The van der Waals surface area contributed by atoms with E-state index in [2.05, 4.69) is 5.32 Å². The highest BCUT2D eigenvalue weighted by Gasteiger charge is 2.38. The van der Waals surface area contributed by atoms with Gasteiger partial charge in [-0.1, -0.05) is 11.6 Å². The minimum atomic E-state index is -1.02. The molecule has 7 heteroatoms. The number of carbonyl (C=O) groups is 2. The first-order chi connectivity index (χ1) is 9.42. The van der Waals surface area contributed by atoms with Crippen LogP contribution in [0.1, 0.15) is 23.2 Å². The highest BCUT2D eigenvalue weighted by atomic mass is 35.5. The number of aliphatic carboxylic acids is 1. The van der Waals surface area contributed by atoms with Gasteiger partial charge in [0.15, 0.2) is 0 Å². The Morgan fingerprint density at radius 3 is 2.80 bits per heavy atom. The topological polar surface area (TPSA) is 75.6 Å². The average molecular weight is 302 g/mol. The summed E-state index contributed by atoms with van der Waals surface area (Å²) < 4.78 is 18.2. The Morgan fingerprint density at radius 2 is 2.25 bits per heavy atom. The maximum atomic E-state index is 13.1. The van der Waals surface area contributed by atoms with E-state index in [4.69, 9.17) is 21.4 Å². The van der Waals surface area contributed by atoms with E-state index in [9.17, 15) is 14.0 Å². The molecule has 0 bridgehead atoms. The Labute approximate surface area is 119 Å². The van der Waals surface area contributed by atoms with Gasteiger partial charge in [-0.2, -0.15) is 0 Å². The smallest absolute Gasteiger partial charge is 0.305 e. The van der Waals surface area contributed by atoms with E-state index in [-0.39, 0.29) is 23.6 Å². The second-order valence-electron chi connectivity index (χ2n) is 4.74. The first-order valence-corrected chi connectivity index (χ1v) is 6.37. The molecule has 5 nitrogen and oxygen atoms in total. The quantitative estimate of drug-likeness (QED) is 0.890. The lowest BCUT2D eigenvalue weighted by Crippen LogP contribution is -2.50. The van der Waals surface area contributed by atoms with Gasteiger partial charge in [-0.05, 0) is 24.6 Å². The molecular formula is C13H13ClFNO4. The first-order valence-electron chi connectivity index (χ1n) is 5.99. The van der Waals surface area contributed by atoms with Crippen molar-refractivity contribution in [2.24, 2.45) is 0 Å². The lowest BCUT2D eigenvalue weighted by molar-refractivity contribution is -0.138. The average Bonchev–Trinajstić information content (AvgIpc) is 2.79. The number of carboxylic acid groups (broad SMARTS) is 1.